The number of likely N-dealkylation sites (tertiary alicyclic amines) is 1. The lowest BCUT2D eigenvalue weighted by molar-refractivity contribution is -0.161. The van der Waals surface area contributed by atoms with Crippen LogP contribution >= 0.6 is 15.9 Å². The third-order valence-corrected chi connectivity index (χ3v) is 12.0. The molecule has 4 fully saturated rings. The summed E-state index contributed by atoms with van der Waals surface area (Å²) in [6.07, 6.45) is 8.61. The Morgan fingerprint density at radius 1 is 1.18 bits per heavy atom. The molecule has 49 heavy (non-hydrogen) atoms. The summed E-state index contributed by atoms with van der Waals surface area (Å²) in [4.78, 5) is 59.8. The number of carbonyl (C=O) groups is 4. The summed E-state index contributed by atoms with van der Waals surface area (Å²) in [5, 5.41) is 13.6. The van der Waals surface area contributed by atoms with Crippen molar-refractivity contribution in [3.63, 3.8) is 0 Å². The zero-order valence-electron chi connectivity index (χ0n) is 28.8. The molecule has 268 valence electrons. The fourth-order valence-corrected chi connectivity index (χ4v) is 9.48. The zero-order valence-corrected chi connectivity index (χ0v) is 30.4. The smallest absolute Gasteiger partial charge is 0.313 e. The molecule has 1 saturated carbocycles. The first-order valence-corrected chi connectivity index (χ1v) is 18.8. The fourth-order valence-electron chi connectivity index (χ4n) is 8.54. The predicted molar refractivity (Wildman–Crippen MR) is 189 cm³/mol. The van der Waals surface area contributed by atoms with Crippen LogP contribution < -0.4 is 5.32 Å². The molecule has 0 radical (unpaired) electrons. The number of aliphatic hydroxyl groups is 1. The molecule has 1 unspecified atom stereocenters. The van der Waals surface area contributed by atoms with E-state index in [-0.39, 0.29) is 54.1 Å². The lowest BCUT2D eigenvalue weighted by Gasteiger charge is -2.43. The number of carbonyl (C=O) groups excluding carboxylic acids is 4. The number of hydrogen-bond donors (Lipinski definition) is 2. The van der Waals surface area contributed by atoms with Crippen LogP contribution in [0.4, 0.5) is 0 Å². The van der Waals surface area contributed by atoms with Crippen LogP contribution in [-0.2, 0) is 28.7 Å². The van der Waals surface area contributed by atoms with Gasteiger partial charge in [-0.05, 0) is 37.2 Å². The number of hydrogen-bond acceptors (Lipinski definition) is 7. The Kier molecular flexibility index (Phi) is 12.4. The van der Waals surface area contributed by atoms with E-state index in [1.165, 1.54) is 0 Å². The minimum Gasteiger partial charge on any atom is -0.455 e. The highest BCUT2D eigenvalue weighted by Gasteiger charge is 2.78. The third kappa shape index (κ3) is 7.26. The number of nitrogens with zero attached hydrogens (tertiary/aromatic N) is 2. The molecule has 0 aromatic heterocycles. The highest BCUT2D eigenvalue weighted by Crippen LogP contribution is 2.61. The molecule has 1 aromatic rings. The Morgan fingerprint density at radius 2 is 1.90 bits per heavy atom. The summed E-state index contributed by atoms with van der Waals surface area (Å²) in [5.74, 6) is -3.47. The van der Waals surface area contributed by atoms with Crippen molar-refractivity contribution in [1.29, 1.82) is 0 Å². The van der Waals surface area contributed by atoms with Crippen molar-refractivity contribution in [1.82, 2.24) is 15.1 Å². The number of benzene rings is 1. The number of aliphatic hydroxyl groups excluding tert-OH is 1. The number of allylic oxidation sites excluding steroid dienone is 1. The number of nitrogens with one attached hydrogen (secondary N) is 1. The molecule has 3 saturated heterocycles. The Hall–Kier alpha value is -3.02. The van der Waals surface area contributed by atoms with Gasteiger partial charge in [0.25, 0.3) is 0 Å². The second-order valence-corrected chi connectivity index (χ2v) is 15.3. The van der Waals surface area contributed by atoms with E-state index in [0.717, 1.165) is 32.1 Å². The monoisotopic (exact) mass is 741 g/mol. The summed E-state index contributed by atoms with van der Waals surface area (Å²) in [6, 6.07) is 7.53. The highest BCUT2D eigenvalue weighted by atomic mass is 79.9. The van der Waals surface area contributed by atoms with E-state index in [0.29, 0.717) is 31.4 Å². The maximum absolute atomic E-state index is 15.0. The SMILES string of the molecule is C=CCCC(=O)NC[C@H](OC(=O)[C@@H]1[C@H]2O[C@@]3(CC2Br)[C@H](C(=O)N(CC=C)C2CCCCC2)N([C@@H](CO)[C@@H](C)CC)C(=O)[C@@H]13)c1ccccc1. The Bertz CT molecular complexity index is 1370. The van der Waals surface area contributed by atoms with Crippen LogP contribution in [0.15, 0.2) is 55.6 Å². The number of halogens is 1. The normalized spacial score (nSPS) is 29.5. The first kappa shape index (κ1) is 37.2. The van der Waals surface area contributed by atoms with Gasteiger partial charge >= 0.3 is 5.97 Å². The van der Waals surface area contributed by atoms with Gasteiger partial charge < -0.3 is 29.7 Å². The van der Waals surface area contributed by atoms with Crippen LogP contribution in [0.3, 0.4) is 0 Å². The molecule has 1 aliphatic carbocycles. The average Bonchev–Trinajstić information content (AvgIpc) is 3.71. The number of fused-ring (bicyclic) bond motifs is 1. The molecule has 5 rings (SSSR count). The van der Waals surface area contributed by atoms with Crippen molar-refractivity contribution < 1.29 is 33.8 Å². The maximum atomic E-state index is 15.0. The third-order valence-electron chi connectivity index (χ3n) is 11.2. The van der Waals surface area contributed by atoms with Gasteiger partial charge in [0.1, 0.15) is 17.7 Å². The van der Waals surface area contributed by atoms with E-state index in [4.69, 9.17) is 9.47 Å². The molecule has 3 heterocycles. The van der Waals surface area contributed by atoms with Crippen molar-refractivity contribution in [3.05, 3.63) is 61.2 Å². The molecule has 1 spiro atoms. The second kappa shape index (κ2) is 16.3. The van der Waals surface area contributed by atoms with Crippen LogP contribution in [-0.4, -0.2) is 93.0 Å². The Labute approximate surface area is 298 Å². The van der Waals surface area contributed by atoms with E-state index in [1.807, 2.05) is 49.1 Å². The summed E-state index contributed by atoms with van der Waals surface area (Å²) < 4.78 is 13.0. The molecular weight excluding hydrogens is 690 g/mol. The van der Waals surface area contributed by atoms with Gasteiger partial charge in [-0.3, -0.25) is 19.2 Å². The summed E-state index contributed by atoms with van der Waals surface area (Å²) in [5.41, 5.74) is -0.585. The van der Waals surface area contributed by atoms with Gasteiger partial charge in [-0.1, -0.05) is 97.9 Å². The second-order valence-electron chi connectivity index (χ2n) is 14.1. The fraction of sp³-hybridized carbons (Fsp3) is 0.632. The van der Waals surface area contributed by atoms with Crippen LogP contribution in [0, 0.1) is 17.8 Å². The minimum absolute atomic E-state index is 0.00952. The molecule has 3 amide bonds. The molecule has 11 heteroatoms. The van der Waals surface area contributed by atoms with E-state index in [2.05, 4.69) is 34.4 Å². The van der Waals surface area contributed by atoms with E-state index >= 15 is 0 Å². The van der Waals surface area contributed by atoms with Gasteiger partial charge in [0.15, 0.2) is 0 Å². The van der Waals surface area contributed by atoms with Gasteiger partial charge in [0, 0.05) is 23.8 Å². The highest BCUT2D eigenvalue weighted by molar-refractivity contribution is 9.09. The van der Waals surface area contributed by atoms with E-state index < -0.39 is 47.7 Å². The van der Waals surface area contributed by atoms with Crippen molar-refractivity contribution in [3.8, 4) is 0 Å². The number of rotatable bonds is 16. The number of esters is 1. The lowest BCUT2D eigenvalue weighted by atomic mass is 9.70. The maximum Gasteiger partial charge on any atom is 0.313 e. The Balaban J connectivity index is 1.51. The predicted octanol–water partition coefficient (Wildman–Crippen LogP) is 4.86. The van der Waals surface area contributed by atoms with E-state index in [9.17, 15) is 24.3 Å². The molecule has 2 bridgehead atoms. The number of ether oxygens (including phenoxy) is 2. The summed E-state index contributed by atoms with van der Waals surface area (Å²) in [7, 11) is 0. The molecule has 3 aliphatic heterocycles. The van der Waals surface area contributed by atoms with Crippen molar-refractivity contribution in [2.75, 3.05) is 19.7 Å². The number of amides is 3. The molecule has 2 N–H and O–H groups in total. The van der Waals surface area contributed by atoms with Gasteiger partial charge in [-0.25, -0.2) is 0 Å². The first-order valence-electron chi connectivity index (χ1n) is 17.9. The topological polar surface area (TPSA) is 125 Å². The minimum atomic E-state index is -1.28. The van der Waals surface area contributed by atoms with Crippen LogP contribution in [0.5, 0.6) is 0 Å². The molecule has 1 aromatic carbocycles. The molecule has 9 atom stereocenters. The quantitative estimate of drug-likeness (QED) is 0.141. The van der Waals surface area contributed by atoms with Crippen molar-refractivity contribution >= 4 is 39.6 Å². The van der Waals surface area contributed by atoms with Crippen LogP contribution in [0.2, 0.25) is 0 Å². The number of alkyl halides is 1. The van der Waals surface area contributed by atoms with E-state index in [1.54, 1.807) is 17.1 Å². The van der Waals surface area contributed by atoms with Gasteiger partial charge in [-0.2, -0.15) is 0 Å². The Morgan fingerprint density at radius 3 is 2.53 bits per heavy atom. The van der Waals surface area contributed by atoms with Gasteiger partial charge in [0.05, 0.1) is 37.1 Å². The summed E-state index contributed by atoms with van der Waals surface area (Å²) in [6.45, 7) is 11.6. The molecule has 4 aliphatic rings. The standard InChI is InChI=1S/C38H52BrN3O7/c1-5-8-19-30(44)40-22-29(25-15-11-9-12-16-25)48-37(47)31-32-35(45)42(28(23-43)24(4)7-3)34(38(32)21-27(39)33(31)49-38)36(46)41(20-6-2)26-17-13-10-14-18-26/h5-6,9,11-12,15-16,24,26-29,31-34,43H,1-2,7-8,10,13-14,17-23H2,3-4H3,(H,40,44)/t24-,27?,28-,29-,31-,32+,33-,34-,38+/m0/s1. The molecule has 10 nitrogen and oxygen atoms in total. The zero-order chi connectivity index (χ0) is 35.3. The lowest BCUT2D eigenvalue weighted by Crippen LogP contribution is -2.61. The van der Waals surface area contributed by atoms with Crippen molar-refractivity contribution in [2.24, 2.45) is 17.8 Å². The van der Waals surface area contributed by atoms with Crippen LogP contribution in [0.25, 0.3) is 0 Å². The molecular formula is C38H52BrN3O7. The van der Waals surface area contributed by atoms with Crippen LogP contribution in [0.1, 0.15) is 83.3 Å². The average molecular weight is 743 g/mol. The van der Waals surface area contributed by atoms with Gasteiger partial charge in [0.2, 0.25) is 17.7 Å². The van der Waals surface area contributed by atoms with Gasteiger partial charge in [-0.15, -0.1) is 13.2 Å². The van der Waals surface area contributed by atoms with Crippen molar-refractivity contribution in [2.45, 2.75) is 112 Å². The largest absolute Gasteiger partial charge is 0.455 e. The first-order chi connectivity index (χ1) is 23.6. The summed E-state index contributed by atoms with van der Waals surface area (Å²) >= 11 is 3.76.